The van der Waals surface area contributed by atoms with Crippen LogP contribution in [0.3, 0.4) is 0 Å². The van der Waals surface area contributed by atoms with E-state index in [9.17, 15) is 4.79 Å². The second-order valence-corrected chi connectivity index (χ2v) is 4.17. The van der Waals surface area contributed by atoms with Gasteiger partial charge in [-0.15, -0.1) is 0 Å². The third-order valence-electron chi connectivity index (χ3n) is 2.67. The van der Waals surface area contributed by atoms with Crippen LogP contribution in [0.2, 0.25) is 0 Å². The standard InChI is InChI=1S/C13H22N2O2/c1-3-4-9-15(2)13(16)7-8-14-11-12-6-5-10-17-12/h5-6,10,14H,3-4,7-9,11H2,1-2H3. The zero-order valence-corrected chi connectivity index (χ0v) is 10.7. The van der Waals surface area contributed by atoms with Crippen molar-refractivity contribution in [2.75, 3.05) is 20.1 Å². The monoisotopic (exact) mass is 238 g/mol. The fourth-order valence-electron chi connectivity index (χ4n) is 1.53. The van der Waals surface area contributed by atoms with Gasteiger partial charge in [-0.25, -0.2) is 0 Å². The summed E-state index contributed by atoms with van der Waals surface area (Å²) in [6.45, 7) is 4.35. The number of carbonyl (C=O) groups excluding carboxylic acids is 1. The highest BCUT2D eigenvalue weighted by Crippen LogP contribution is 1.99. The van der Waals surface area contributed by atoms with Crippen LogP contribution in [0.4, 0.5) is 0 Å². The smallest absolute Gasteiger partial charge is 0.223 e. The molecule has 1 amide bonds. The Balaban J connectivity index is 2.07. The van der Waals surface area contributed by atoms with E-state index < -0.39 is 0 Å². The average molecular weight is 238 g/mol. The molecule has 1 rings (SSSR count). The lowest BCUT2D eigenvalue weighted by atomic mass is 10.3. The topological polar surface area (TPSA) is 45.5 Å². The minimum atomic E-state index is 0.199. The van der Waals surface area contributed by atoms with E-state index >= 15 is 0 Å². The second kappa shape index (κ2) is 7.90. The third kappa shape index (κ3) is 5.54. The zero-order valence-electron chi connectivity index (χ0n) is 10.7. The molecule has 96 valence electrons. The van der Waals surface area contributed by atoms with Gasteiger partial charge < -0.3 is 14.6 Å². The van der Waals surface area contributed by atoms with Crippen molar-refractivity contribution in [2.45, 2.75) is 32.7 Å². The summed E-state index contributed by atoms with van der Waals surface area (Å²) >= 11 is 0. The van der Waals surface area contributed by atoms with Crippen LogP contribution < -0.4 is 5.32 Å². The van der Waals surface area contributed by atoms with E-state index in [1.807, 2.05) is 19.2 Å². The van der Waals surface area contributed by atoms with Gasteiger partial charge >= 0.3 is 0 Å². The maximum atomic E-state index is 11.7. The number of nitrogens with zero attached hydrogens (tertiary/aromatic N) is 1. The van der Waals surface area contributed by atoms with Gasteiger partial charge in [0.05, 0.1) is 12.8 Å². The molecule has 4 heteroatoms. The number of amides is 1. The number of nitrogens with one attached hydrogen (secondary N) is 1. The van der Waals surface area contributed by atoms with Crippen molar-refractivity contribution in [3.8, 4) is 0 Å². The van der Waals surface area contributed by atoms with Gasteiger partial charge in [0.1, 0.15) is 5.76 Å². The highest BCUT2D eigenvalue weighted by Gasteiger charge is 2.07. The molecule has 0 aliphatic carbocycles. The number of furan rings is 1. The number of unbranched alkanes of at least 4 members (excludes halogenated alkanes) is 1. The highest BCUT2D eigenvalue weighted by atomic mass is 16.3. The fourth-order valence-corrected chi connectivity index (χ4v) is 1.53. The Bertz CT molecular complexity index is 309. The van der Waals surface area contributed by atoms with E-state index in [-0.39, 0.29) is 5.91 Å². The molecule has 17 heavy (non-hydrogen) atoms. The Morgan fingerprint density at radius 3 is 3.00 bits per heavy atom. The van der Waals surface area contributed by atoms with Crippen molar-refractivity contribution in [2.24, 2.45) is 0 Å². The van der Waals surface area contributed by atoms with Gasteiger partial charge in [-0.1, -0.05) is 13.3 Å². The van der Waals surface area contributed by atoms with Crippen molar-refractivity contribution in [3.63, 3.8) is 0 Å². The third-order valence-corrected chi connectivity index (χ3v) is 2.67. The summed E-state index contributed by atoms with van der Waals surface area (Å²) in [5.41, 5.74) is 0. The highest BCUT2D eigenvalue weighted by molar-refractivity contribution is 5.75. The molecule has 0 aliphatic rings. The fraction of sp³-hybridized carbons (Fsp3) is 0.615. The van der Waals surface area contributed by atoms with E-state index in [1.54, 1.807) is 11.2 Å². The first-order valence-corrected chi connectivity index (χ1v) is 6.21. The molecular weight excluding hydrogens is 216 g/mol. The van der Waals surface area contributed by atoms with Gasteiger partial charge in [0, 0.05) is 26.6 Å². The van der Waals surface area contributed by atoms with Gasteiger partial charge in [-0.2, -0.15) is 0 Å². The zero-order chi connectivity index (χ0) is 12.5. The Morgan fingerprint density at radius 2 is 2.35 bits per heavy atom. The molecule has 0 saturated heterocycles. The predicted molar refractivity (Wildman–Crippen MR) is 67.6 cm³/mol. The van der Waals surface area contributed by atoms with Crippen LogP contribution in [0.25, 0.3) is 0 Å². The van der Waals surface area contributed by atoms with Gasteiger partial charge in [-0.3, -0.25) is 4.79 Å². The SMILES string of the molecule is CCCCN(C)C(=O)CCNCc1ccco1. The molecule has 4 nitrogen and oxygen atoms in total. The summed E-state index contributed by atoms with van der Waals surface area (Å²) in [5, 5.41) is 3.19. The van der Waals surface area contributed by atoms with Crippen molar-refractivity contribution in [3.05, 3.63) is 24.2 Å². The van der Waals surface area contributed by atoms with Crippen LogP contribution in [-0.2, 0) is 11.3 Å². The second-order valence-electron chi connectivity index (χ2n) is 4.17. The molecule has 1 aromatic rings. The molecule has 0 aliphatic heterocycles. The van der Waals surface area contributed by atoms with Gasteiger partial charge in [0.25, 0.3) is 0 Å². The molecule has 0 atom stereocenters. The molecule has 0 spiro atoms. The maximum absolute atomic E-state index is 11.7. The Labute approximate surface area is 103 Å². The summed E-state index contributed by atoms with van der Waals surface area (Å²) in [5.74, 6) is 1.10. The van der Waals surface area contributed by atoms with E-state index in [0.29, 0.717) is 19.5 Å². The van der Waals surface area contributed by atoms with Crippen LogP contribution in [-0.4, -0.2) is 30.9 Å². The lowest BCUT2D eigenvalue weighted by Gasteiger charge is -2.16. The minimum Gasteiger partial charge on any atom is -0.468 e. The van der Waals surface area contributed by atoms with Crippen LogP contribution in [0.15, 0.2) is 22.8 Å². The first-order chi connectivity index (χ1) is 8.24. The van der Waals surface area contributed by atoms with Crippen molar-refractivity contribution in [1.82, 2.24) is 10.2 Å². The molecule has 0 aromatic carbocycles. The first kappa shape index (κ1) is 13.8. The number of hydrogen-bond donors (Lipinski definition) is 1. The minimum absolute atomic E-state index is 0.199. The molecule has 0 radical (unpaired) electrons. The maximum Gasteiger partial charge on any atom is 0.223 e. The Kier molecular flexibility index (Phi) is 6.40. The number of rotatable bonds is 8. The molecule has 1 heterocycles. The van der Waals surface area contributed by atoms with E-state index in [1.165, 1.54) is 0 Å². The lowest BCUT2D eigenvalue weighted by Crippen LogP contribution is -2.30. The normalized spacial score (nSPS) is 10.5. The predicted octanol–water partition coefficient (Wildman–Crippen LogP) is 2.02. The van der Waals surface area contributed by atoms with E-state index in [4.69, 9.17) is 4.42 Å². The molecule has 1 aromatic heterocycles. The summed E-state index contributed by atoms with van der Waals surface area (Å²) in [6.07, 6.45) is 4.39. The summed E-state index contributed by atoms with van der Waals surface area (Å²) in [4.78, 5) is 13.5. The van der Waals surface area contributed by atoms with Gasteiger partial charge in [0.15, 0.2) is 0 Å². The molecule has 0 unspecified atom stereocenters. The number of hydrogen-bond acceptors (Lipinski definition) is 3. The van der Waals surface area contributed by atoms with Crippen molar-refractivity contribution < 1.29 is 9.21 Å². The summed E-state index contributed by atoms with van der Waals surface area (Å²) < 4.78 is 5.18. The lowest BCUT2D eigenvalue weighted by molar-refractivity contribution is -0.129. The molecule has 0 saturated carbocycles. The number of carbonyl (C=O) groups is 1. The first-order valence-electron chi connectivity index (χ1n) is 6.21. The molecule has 1 N–H and O–H groups in total. The van der Waals surface area contributed by atoms with Gasteiger partial charge in [0.2, 0.25) is 5.91 Å². The van der Waals surface area contributed by atoms with Crippen LogP contribution in [0.1, 0.15) is 31.9 Å². The van der Waals surface area contributed by atoms with Crippen molar-refractivity contribution in [1.29, 1.82) is 0 Å². The largest absolute Gasteiger partial charge is 0.468 e. The Hall–Kier alpha value is -1.29. The average Bonchev–Trinajstić information content (AvgIpc) is 2.84. The van der Waals surface area contributed by atoms with E-state index in [2.05, 4.69) is 12.2 Å². The Morgan fingerprint density at radius 1 is 1.53 bits per heavy atom. The molecule has 0 bridgehead atoms. The van der Waals surface area contributed by atoms with Gasteiger partial charge in [-0.05, 0) is 18.6 Å². The quantitative estimate of drug-likeness (QED) is 0.705. The van der Waals surface area contributed by atoms with Crippen LogP contribution in [0, 0.1) is 0 Å². The molecular formula is C13H22N2O2. The van der Waals surface area contributed by atoms with Crippen molar-refractivity contribution >= 4 is 5.91 Å². The summed E-state index contributed by atoms with van der Waals surface area (Å²) in [6, 6.07) is 3.78. The van der Waals surface area contributed by atoms with Crippen LogP contribution >= 0.6 is 0 Å². The molecule has 0 fully saturated rings. The summed E-state index contributed by atoms with van der Waals surface area (Å²) in [7, 11) is 1.87. The van der Waals surface area contributed by atoms with E-state index in [0.717, 1.165) is 25.1 Å². The van der Waals surface area contributed by atoms with Crippen LogP contribution in [0.5, 0.6) is 0 Å².